The van der Waals surface area contributed by atoms with Crippen LogP contribution in [0.3, 0.4) is 0 Å². The summed E-state index contributed by atoms with van der Waals surface area (Å²) >= 11 is 0. The number of benzene rings is 1. The van der Waals surface area contributed by atoms with Gasteiger partial charge in [0.15, 0.2) is 5.65 Å². The van der Waals surface area contributed by atoms with E-state index in [1.54, 1.807) is 10.7 Å². The lowest BCUT2D eigenvalue weighted by Crippen LogP contribution is -2.38. The van der Waals surface area contributed by atoms with E-state index in [9.17, 15) is 13.2 Å². The van der Waals surface area contributed by atoms with Gasteiger partial charge in [0.2, 0.25) is 10.0 Å². The third-order valence-corrected chi connectivity index (χ3v) is 8.67. The number of piperidine rings is 1. The number of ether oxygens (including phenoxy) is 1. The van der Waals surface area contributed by atoms with Gasteiger partial charge in [-0.25, -0.2) is 22.8 Å². The van der Waals surface area contributed by atoms with Crippen LogP contribution in [0.2, 0.25) is 0 Å². The number of pyridine rings is 1. The Bertz CT molecular complexity index is 1420. The smallest absolute Gasteiger partial charge is 0.283 e. The van der Waals surface area contributed by atoms with Crippen molar-refractivity contribution in [2.24, 2.45) is 0 Å². The van der Waals surface area contributed by atoms with E-state index >= 15 is 0 Å². The highest BCUT2D eigenvalue weighted by Gasteiger charge is 2.32. The molecule has 2 aliphatic carbocycles. The van der Waals surface area contributed by atoms with E-state index in [0.717, 1.165) is 80.3 Å². The van der Waals surface area contributed by atoms with Crippen LogP contribution < -0.4 is 9.62 Å². The van der Waals surface area contributed by atoms with Crippen molar-refractivity contribution in [1.82, 2.24) is 19.5 Å². The van der Waals surface area contributed by atoms with Gasteiger partial charge in [-0.2, -0.15) is 5.10 Å². The van der Waals surface area contributed by atoms with Crippen molar-refractivity contribution in [3.05, 3.63) is 47.8 Å². The van der Waals surface area contributed by atoms with Crippen LogP contribution in [-0.2, 0) is 14.8 Å². The maximum Gasteiger partial charge on any atom is 0.283 e. The van der Waals surface area contributed by atoms with Crippen LogP contribution in [-0.4, -0.2) is 60.6 Å². The topological polar surface area (TPSA) is 106 Å². The second kappa shape index (κ2) is 10.3. The Hall–Kier alpha value is -2.98. The van der Waals surface area contributed by atoms with Crippen LogP contribution in [0.5, 0.6) is 0 Å². The normalized spacial score (nSPS) is 19.7. The van der Waals surface area contributed by atoms with Gasteiger partial charge in [0, 0.05) is 19.0 Å². The van der Waals surface area contributed by atoms with Gasteiger partial charge in [-0.05, 0) is 56.7 Å². The summed E-state index contributed by atoms with van der Waals surface area (Å²) in [5.41, 5.74) is 3.41. The zero-order valence-electron chi connectivity index (χ0n) is 21.8. The number of hydrogen-bond donors (Lipinski definition) is 1. The zero-order valence-corrected chi connectivity index (χ0v) is 22.6. The van der Waals surface area contributed by atoms with Gasteiger partial charge in [0.1, 0.15) is 5.69 Å². The number of amides is 1. The molecule has 0 bridgehead atoms. The van der Waals surface area contributed by atoms with Crippen molar-refractivity contribution in [2.45, 2.75) is 75.9 Å². The number of fused-ring (bicyclic) bond motifs is 1. The number of rotatable bonds is 7. The van der Waals surface area contributed by atoms with E-state index in [1.807, 2.05) is 30.3 Å². The first kappa shape index (κ1) is 25.3. The molecule has 202 valence electrons. The SMILES string of the molecule is CS(=O)(=O)NC(=O)c1cc(N2CCC(OC3CCCC3)CC2)c2c(C3CCC3)nn(-c3ccccc3)c2n1. The standard InChI is InChI=1S/C28H35N5O4S/c1-38(35,36)31-28(34)23-18-24(32-16-14-22(15-17-32)37-21-12-5-6-13-21)25-26(19-8-7-9-19)30-33(27(25)29-23)20-10-3-2-4-11-20/h2-4,10-11,18-19,21-22H,5-9,12-17H2,1H3,(H,31,34). The van der Waals surface area contributed by atoms with Gasteiger partial charge < -0.3 is 9.64 Å². The fraction of sp³-hybridized carbons (Fsp3) is 0.536. The van der Waals surface area contributed by atoms with Crippen molar-refractivity contribution in [3.63, 3.8) is 0 Å². The van der Waals surface area contributed by atoms with Gasteiger partial charge in [0.05, 0.1) is 40.9 Å². The van der Waals surface area contributed by atoms with E-state index in [4.69, 9.17) is 14.8 Å². The van der Waals surface area contributed by atoms with Gasteiger partial charge in [0.25, 0.3) is 5.91 Å². The van der Waals surface area contributed by atoms with Gasteiger partial charge in [-0.1, -0.05) is 37.5 Å². The Morgan fingerprint density at radius 1 is 0.974 bits per heavy atom. The number of sulfonamides is 1. The quantitative estimate of drug-likeness (QED) is 0.479. The number of hydrogen-bond acceptors (Lipinski definition) is 7. The summed E-state index contributed by atoms with van der Waals surface area (Å²) in [5.74, 6) is -0.386. The molecule has 1 amide bonds. The Morgan fingerprint density at radius 3 is 2.29 bits per heavy atom. The number of anilines is 1. The number of carbonyl (C=O) groups excluding carboxylic acids is 1. The van der Waals surface area contributed by atoms with Crippen LogP contribution >= 0.6 is 0 Å². The highest BCUT2D eigenvalue weighted by Crippen LogP contribution is 2.43. The summed E-state index contributed by atoms with van der Waals surface area (Å²) in [6, 6.07) is 11.5. The molecule has 1 N–H and O–H groups in total. The molecule has 3 aromatic rings. The van der Waals surface area contributed by atoms with E-state index in [-0.39, 0.29) is 11.8 Å². The maximum atomic E-state index is 13.0. The first-order chi connectivity index (χ1) is 18.4. The van der Waals surface area contributed by atoms with Crippen LogP contribution in [0.15, 0.2) is 36.4 Å². The molecule has 1 aliphatic heterocycles. The molecule has 3 fully saturated rings. The third kappa shape index (κ3) is 5.16. The number of carbonyl (C=O) groups is 1. The van der Waals surface area contributed by atoms with Gasteiger partial charge in [-0.3, -0.25) is 4.79 Å². The molecular weight excluding hydrogens is 502 g/mol. The summed E-state index contributed by atoms with van der Waals surface area (Å²) in [7, 11) is -3.74. The highest BCUT2D eigenvalue weighted by molar-refractivity contribution is 7.89. The van der Waals surface area contributed by atoms with Crippen molar-refractivity contribution in [1.29, 1.82) is 0 Å². The molecular formula is C28H35N5O4S. The first-order valence-corrected chi connectivity index (χ1v) is 15.7. The second-order valence-corrected chi connectivity index (χ2v) is 12.7. The average molecular weight is 538 g/mol. The summed E-state index contributed by atoms with van der Waals surface area (Å²) in [6.45, 7) is 1.59. The molecule has 1 saturated heterocycles. The van der Waals surface area contributed by atoms with E-state index < -0.39 is 15.9 Å². The monoisotopic (exact) mass is 537 g/mol. The molecule has 9 nitrogen and oxygen atoms in total. The number of nitrogens with zero attached hydrogens (tertiary/aromatic N) is 4. The lowest BCUT2D eigenvalue weighted by Gasteiger charge is -2.35. The number of aromatic nitrogens is 3. The predicted octanol–water partition coefficient (Wildman–Crippen LogP) is 4.31. The lowest BCUT2D eigenvalue weighted by atomic mass is 9.82. The molecule has 6 rings (SSSR count). The van der Waals surface area contributed by atoms with E-state index in [2.05, 4.69) is 9.62 Å². The molecule has 0 atom stereocenters. The Morgan fingerprint density at radius 2 is 1.66 bits per heavy atom. The summed E-state index contributed by atoms with van der Waals surface area (Å²) < 4.78 is 34.0. The fourth-order valence-corrected chi connectivity index (χ4v) is 6.40. The lowest BCUT2D eigenvalue weighted by molar-refractivity contribution is -0.0194. The second-order valence-electron chi connectivity index (χ2n) is 10.9. The Labute approximate surface area is 223 Å². The molecule has 10 heteroatoms. The fourth-order valence-electron chi connectivity index (χ4n) is 5.96. The zero-order chi connectivity index (χ0) is 26.3. The first-order valence-electron chi connectivity index (χ1n) is 13.8. The predicted molar refractivity (Wildman–Crippen MR) is 146 cm³/mol. The minimum absolute atomic E-state index is 0.0690. The van der Waals surface area contributed by atoms with Crippen molar-refractivity contribution in [3.8, 4) is 5.69 Å². The molecule has 0 unspecified atom stereocenters. The Kier molecular flexibility index (Phi) is 6.86. The minimum Gasteiger partial charge on any atom is -0.375 e. The summed E-state index contributed by atoms with van der Waals surface area (Å²) in [5, 5.41) is 6.01. The molecule has 2 saturated carbocycles. The summed E-state index contributed by atoms with van der Waals surface area (Å²) in [4.78, 5) is 20.0. The van der Waals surface area contributed by atoms with E-state index in [1.165, 1.54) is 19.3 Å². The summed E-state index contributed by atoms with van der Waals surface area (Å²) in [6.07, 6.45) is 11.6. The third-order valence-electron chi connectivity index (χ3n) is 8.12. The number of nitrogens with one attached hydrogen (secondary N) is 1. The van der Waals surface area contributed by atoms with Crippen molar-refractivity contribution >= 4 is 32.7 Å². The van der Waals surface area contributed by atoms with Crippen LogP contribution in [0.1, 0.15) is 79.9 Å². The largest absolute Gasteiger partial charge is 0.375 e. The number of para-hydroxylation sites is 1. The van der Waals surface area contributed by atoms with Gasteiger partial charge in [-0.15, -0.1) is 0 Å². The van der Waals surface area contributed by atoms with E-state index in [0.29, 0.717) is 17.7 Å². The molecule has 38 heavy (non-hydrogen) atoms. The molecule has 3 heterocycles. The van der Waals surface area contributed by atoms with Crippen molar-refractivity contribution in [2.75, 3.05) is 24.2 Å². The minimum atomic E-state index is -3.74. The van der Waals surface area contributed by atoms with Crippen molar-refractivity contribution < 1.29 is 17.9 Å². The molecule has 0 spiro atoms. The highest BCUT2D eigenvalue weighted by atomic mass is 32.2. The van der Waals surface area contributed by atoms with Crippen LogP contribution in [0, 0.1) is 0 Å². The maximum absolute atomic E-state index is 13.0. The molecule has 1 aromatic carbocycles. The average Bonchev–Trinajstić information content (AvgIpc) is 3.51. The molecule has 3 aliphatic rings. The Balaban J connectivity index is 1.42. The molecule has 2 aromatic heterocycles. The van der Waals surface area contributed by atoms with Crippen LogP contribution in [0.4, 0.5) is 5.69 Å². The van der Waals surface area contributed by atoms with Crippen LogP contribution in [0.25, 0.3) is 16.7 Å². The van der Waals surface area contributed by atoms with Gasteiger partial charge >= 0.3 is 0 Å². The molecule has 0 radical (unpaired) electrons.